The Kier molecular flexibility index (Phi) is 3.76. The Morgan fingerprint density at radius 3 is 2.95 bits per heavy atom. The predicted octanol–water partition coefficient (Wildman–Crippen LogP) is 3.50. The number of halogens is 1. The van der Waals surface area contributed by atoms with Crippen molar-refractivity contribution in [2.75, 3.05) is 0 Å². The summed E-state index contributed by atoms with van der Waals surface area (Å²) in [5.41, 5.74) is 0.982. The number of allylic oxidation sites excluding steroid dienone is 1. The molecule has 6 nitrogen and oxygen atoms in total. The third-order valence-electron chi connectivity index (χ3n) is 2.93. The standard InChI is InChI=1S/C15H10ClN3O3/c16-10-3-1-2-9(6-10)14-11(4-5-22-14)12(20)7-13(21)15-17-8-18-19-15/h1-8,21H,(H,17,18,19). The SMILES string of the molecule is O=C(C=C(O)c1nc[nH]n1)c1ccoc1-c1cccc(Cl)c1. The molecule has 2 aromatic heterocycles. The van der Waals surface area contributed by atoms with E-state index >= 15 is 0 Å². The van der Waals surface area contributed by atoms with E-state index in [2.05, 4.69) is 15.2 Å². The third kappa shape index (κ3) is 2.77. The second-order valence-corrected chi connectivity index (χ2v) is 4.83. The van der Waals surface area contributed by atoms with Crippen LogP contribution in [0, 0.1) is 0 Å². The quantitative estimate of drug-likeness (QED) is 0.437. The van der Waals surface area contributed by atoms with Crippen molar-refractivity contribution in [1.82, 2.24) is 15.2 Å². The molecule has 7 heteroatoms. The monoisotopic (exact) mass is 315 g/mol. The number of benzene rings is 1. The summed E-state index contributed by atoms with van der Waals surface area (Å²) in [4.78, 5) is 16.1. The second-order valence-electron chi connectivity index (χ2n) is 4.39. The Bertz CT molecular complexity index is 837. The topological polar surface area (TPSA) is 92.0 Å². The molecule has 0 fully saturated rings. The van der Waals surface area contributed by atoms with E-state index in [0.717, 1.165) is 6.08 Å². The number of aromatic amines is 1. The van der Waals surface area contributed by atoms with Crippen LogP contribution in [0.1, 0.15) is 16.2 Å². The van der Waals surface area contributed by atoms with Gasteiger partial charge in [-0.25, -0.2) is 4.98 Å². The molecule has 0 radical (unpaired) electrons. The van der Waals surface area contributed by atoms with Gasteiger partial charge < -0.3 is 9.52 Å². The lowest BCUT2D eigenvalue weighted by Crippen LogP contribution is -1.98. The van der Waals surface area contributed by atoms with E-state index in [-0.39, 0.29) is 11.6 Å². The lowest BCUT2D eigenvalue weighted by molar-refractivity contribution is 0.104. The van der Waals surface area contributed by atoms with Crippen LogP contribution in [-0.2, 0) is 0 Å². The lowest BCUT2D eigenvalue weighted by atomic mass is 10.1. The maximum Gasteiger partial charge on any atom is 0.215 e. The number of carbonyl (C=O) groups excluding carboxylic acids is 1. The Morgan fingerprint density at radius 1 is 1.36 bits per heavy atom. The summed E-state index contributed by atoms with van der Waals surface area (Å²) in [5.74, 6) is -0.330. The van der Waals surface area contributed by atoms with Crippen LogP contribution in [0.15, 0.2) is 53.4 Å². The Balaban J connectivity index is 1.95. The van der Waals surface area contributed by atoms with Gasteiger partial charge in [-0.15, -0.1) is 0 Å². The molecule has 0 aliphatic rings. The fourth-order valence-electron chi connectivity index (χ4n) is 1.96. The van der Waals surface area contributed by atoms with Gasteiger partial charge in [0.25, 0.3) is 0 Å². The number of ketones is 1. The summed E-state index contributed by atoms with van der Waals surface area (Å²) in [5, 5.41) is 16.5. The Hall–Kier alpha value is -2.86. The molecule has 0 saturated heterocycles. The van der Waals surface area contributed by atoms with Crippen molar-refractivity contribution in [1.29, 1.82) is 0 Å². The first-order valence-corrected chi connectivity index (χ1v) is 6.67. The second kappa shape index (κ2) is 5.87. The van der Waals surface area contributed by atoms with Crippen molar-refractivity contribution >= 4 is 23.1 Å². The zero-order valence-corrected chi connectivity index (χ0v) is 11.9. The molecule has 0 bridgehead atoms. The number of aromatic nitrogens is 3. The van der Waals surface area contributed by atoms with Crippen molar-refractivity contribution in [3.63, 3.8) is 0 Å². The van der Waals surface area contributed by atoms with Crippen LogP contribution < -0.4 is 0 Å². The molecule has 1 aromatic carbocycles. The van der Waals surface area contributed by atoms with Gasteiger partial charge in [0.1, 0.15) is 12.1 Å². The maximum atomic E-state index is 12.3. The third-order valence-corrected chi connectivity index (χ3v) is 3.16. The Morgan fingerprint density at radius 2 is 2.23 bits per heavy atom. The summed E-state index contributed by atoms with van der Waals surface area (Å²) in [6, 6.07) is 8.48. The largest absolute Gasteiger partial charge is 0.504 e. The molecule has 0 aliphatic carbocycles. The zero-order chi connectivity index (χ0) is 15.5. The van der Waals surface area contributed by atoms with Crippen LogP contribution in [0.3, 0.4) is 0 Å². The van der Waals surface area contributed by atoms with Crippen LogP contribution in [-0.4, -0.2) is 26.1 Å². The average molecular weight is 316 g/mol. The van der Waals surface area contributed by atoms with Gasteiger partial charge in [-0.1, -0.05) is 23.7 Å². The minimum absolute atomic E-state index is 0.0427. The number of aliphatic hydroxyl groups is 1. The number of furan rings is 1. The molecule has 0 spiro atoms. The number of hydrogen-bond donors (Lipinski definition) is 2. The van der Waals surface area contributed by atoms with Crippen molar-refractivity contribution in [3.8, 4) is 11.3 Å². The highest BCUT2D eigenvalue weighted by molar-refractivity contribution is 6.30. The smallest absolute Gasteiger partial charge is 0.215 e. The van der Waals surface area contributed by atoms with Crippen LogP contribution in [0.5, 0.6) is 0 Å². The number of aliphatic hydroxyl groups excluding tert-OH is 1. The molecule has 22 heavy (non-hydrogen) atoms. The van der Waals surface area contributed by atoms with Gasteiger partial charge >= 0.3 is 0 Å². The van der Waals surface area contributed by atoms with Gasteiger partial charge in [-0.3, -0.25) is 9.89 Å². The lowest BCUT2D eigenvalue weighted by Gasteiger charge is -2.01. The van der Waals surface area contributed by atoms with Crippen LogP contribution in [0.4, 0.5) is 0 Å². The van der Waals surface area contributed by atoms with Gasteiger partial charge in [-0.05, 0) is 18.2 Å². The number of nitrogens with one attached hydrogen (secondary N) is 1. The maximum absolute atomic E-state index is 12.3. The van der Waals surface area contributed by atoms with Crippen LogP contribution in [0.2, 0.25) is 5.02 Å². The molecule has 110 valence electrons. The molecule has 0 aliphatic heterocycles. The van der Waals surface area contributed by atoms with Crippen LogP contribution >= 0.6 is 11.6 Å². The van der Waals surface area contributed by atoms with Crippen molar-refractivity contribution in [2.45, 2.75) is 0 Å². The highest BCUT2D eigenvalue weighted by Gasteiger charge is 2.16. The predicted molar refractivity (Wildman–Crippen MR) is 80.5 cm³/mol. The minimum atomic E-state index is -0.425. The van der Waals surface area contributed by atoms with Crippen LogP contribution in [0.25, 0.3) is 17.1 Å². The number of H-pyrrole nitrogens is 1. The van der Waals surface area contributed by atoms with E-state index in [0.29, 0.717) is 21.9 Å². The average Bonchev–Trinajstić information content (AvgIpc) is 3.18. The molecule has 0 atom stereocenters. The normalized spacial score (nSPS) is 11.6. The van der Waals surface area contributed by atoms with Gasteiger partial charge in [0.05, 0.1) is 11.8 Å². The summed E-state index contributed by atoms with van der Waals surface area (Å²) in [7, 11) is 0. The molecule has 0 saturated carbocycles. The highest BCUT2D eigenvalue weighted by Crippen LogP contribution is 2.28. The van der Waals surface area contributed by atoms with Crippen molar-refractivity contribution in [2.24, 2.45) is 0 Å². The molecule has 2 N–H and O–H groups in total. The minimum Gasteiger partial charge on any atom is -0.504 e. The van der Waals surface area contributed by atoms with E-state index in [4.69, 9.17) is 16.0 Å². The molecule has 3 aromatic rings. The van der Waals surface area contributed by atoms with Gasteiger partial charge in [0.15, 0.2) is 11.5 Å². The van der Waals surface area contributed by atoms with Gasteiger partial charge in [-0.2, -0.15) is 5.10 Å². The molecule has 0 unspecified atom stereocenters. The number of hydrogen-bond acceptors (Lipinski definition) is 5. The van der Waals surface area contributed by atoms with Gasteiger partial charge in [0.2, 0.25) is 5.82 Å². The van der Waals surface area contributed by atoms with E-state index < -0.39 is 5.78 Å². The summed E-state index contributed by atoms with van der Waals surface area (Å²) < 4.78 is 5.37. The Labute approximate surface area is 130 Å². The summed E-state index contributed by atoms with van der Waals surface area (Å²) in [6.07, 6.45) is 3.75. The molecule has 3 rings (SSSR count). The highest BCUT2D eigenvalue weighted by atomic mass is 35.5. The molecular weight excluding hydrogens is 306 g/mol. The fourth-order valence-corrected chi connectivity index (χ4v) is 2.15. The van der Waals surface area contributed by atoms with E-state index in [1.165, 1.54) is 18.7 Å². The number of nitrogens with zero attached hydrogens (tertiary/aromatic N) is 2. The first kappa shape index (κ1) is 14.1. The first-order chi connectivity index (χ1) is 10.6. The van der Waals surface area contributed by atoms with Crippen molar-refractivity contribution < 1.29 is 14.3 Å². The van der Waals surface area contributed by atoms with E-state index in [1.807, 2.05) is 0 Å². The van der Waals surface area contributed by atoms with Gasteiger partial charge in [0, 0.05) is 16.7 Å². The fraction of sp³-hybridized carbons (Fsp3) is 0. The van der Waals surface area contributed by atoms with E-state index in [1.54, 1.807) is 24.3 Å². The molecule has 0 amide bonds. The zero-order valence-electron chi connectivity index (χ0n) is 11.2. The summed E-state index contributed by atoms with van der Waals surface area (Å²) in [6.45, 7) is 0. The number of carbonyl (C=O) groups is 1. The number of rotatable bonds is 4. The first-order valence-electron chi connectivity index (χ1n) is 6.29. The molecular formula is C15H10ClN3O3. The van der Waals surface area contributed by atoms with E-state index in [9.17, 15) is 9.90 Å². The summed E-state index contributed by atoms with van der Waals surface area (Å²) >= 11 is 5.95. The molecule has 2 heterocycles. The van der Waals surface area contributed by atoms with Crippen molar-refractivity contribution in [3.05, 3.63) is 65.4 Å².